The van der Waals surface area contributed by atoms with Gasteiger partial charge in [-0.2, -0.15) is 10.5 Å². The van der Waals surface area contributed by atoms with Crippen LogP contribution in [0.1, 0.15) is 52.4 Å². The Morgan fingerprint density at radius 2 is 1.05 bits per heavy atom. The van der Waals surface area contributed by atoms with Crippen LogP contribution in [0.3, 0.4) is 0 Å². The van der Waals surface area contributed by atoms with E-state index in [0.29, 0.717) is 11.8 Å². The van der Waals surface area contributed by atoms with Gasteiger partial charge in [-0.3, -0.25) is 29.0 Å². The van der Waals surface area contributed by atoms with Crippen LogP contribution in [0.25, 0.3) is 0 Å². The van der Waals surface area contributed by atoms with Crippen molar-refractivity contribution in [2.75, 3.05) is 0 Å². The number of allylic oxidation sites excluding steroid dienone is 4. The molecule has 0 radical (unpaired) electrons. The van der Waals surface area contributed by atoms with Crippen molar-refractivity contribution in [1.29, 1.82) is 10.5 Å². The quantitative estimate of drug-likeness (QED) is 0.316. The number of rotatable bonds is 2. The van der Waals surface area contributed by atoms with Gasteiger partial charge >= 0.3 is 0 Å². The second-order valence-electron chi connectivity index (χ2n) is 14.7. The van der Waals surface area contributed by atoms with Crippen LogP contribution in [-0.2, 0) is 19.2 Å². The topological polar surface area (TPSA) is 122 Å². The Morgan fingerprint density at radius 3 is 1.43 bits per heavy atom. The highest BCUT2D eigenvalue weighted by Crippen LogP contribution is 2.69. The Labute approximate surface area is 265 Å². The Bertz CT molecular complexity index is 1580. The predicted octanol–water partition coefficient (Wildman–Crippen LogP) is 4.82. The number of imide groups is 2. The normalized spacial score (nSPS) is 48.2. The van der Waals surface area contributed by atoms with Gasteiger partial charge in [0.2, 0.25) is 23.6 Å². The summed E-state index contributed by atoms with van der Waals surface area (Å²) in [6.45, 7) is 4.38. The second-order valence-corrected chi connectivity index (χ2v) is 17.1. The zero-order valence-electron chi connectivity index (χ0n) is 24.7. The molecule has 2 bridgehead atoms. The third-order valence-corrected chi connectivity index (χ3v) is 15.6. The second kappa shape index (κ2) is 9.36. The van der Waals surface area contributed by atoms with E-state index in [1.807, 2.05) is 12.2 Å². The van der Waals surface area contributed by atoms with Crippen molar-refractivity contribution in [3.05, 3.63) is 33.1 Å². The largest absolute Gasteiger partial charge is 0.274 e. The van der Waals surface area contributed by atoms with Gasteiger partial charge in [0.15, 0.2) is 0 Å². The number of carbonyl (C=O) groups excluding carboxylic acids is 4. The number of carbonyl (C=O) groups is 4. The van der Waals surface area contributed by atoms with Crippen LogP contribution in [0.2, 0.25) is 0 Å². The highest BCUT2D eigenvalue weighted by molar-refractivity contribution is 8.04. The summed E-state index contributed by atoms with van der Waals surface area (Å²) in [5.41, 5.74) is 2.21. The summed E-state index contributed by atoms with van der Waals surface area (Å²) in [6, 6.07) is 4.88. The van der Waals surface area contributed by atoms with Gasteiger partial charge in [0.05, 0.1) is 47.6 Å². The van der Waals surface area contributed by atoms with Crippen LogP contribution in [-0.4, -0.2) is 44.2 Å². The van der Waals surface area contributed by atoms with Gasteiger partial charge in [-0.15, -0.1) is 23.5 Å². The van der Waals surface area contributed by atoms with Crippen molar-refractivity contribution in [2.24, 2.45) is 71.0 Å². The van der Waals surface area contributed by atoms with E-state index in [-0.39, 0.29) is 47.3 Å². The summed E-state index contributed by atoms with van der Waals surface area (Å²) in [5, 5.41) is 19.3. The number of amides is 4. The van der Waals surface area contributed by atoms with Crippen molar-refractivity contribution in [3.63, 3.8) is 0 Å². The minimum Gasteiger partial charge on any atom is -0.274 e. The molecule has 6 aliphatic carbocycles. The zero-order valence-corrected chi connectivity index (χ0v) is 26.4. The molecule has 14 unspecified atom stereocenters. The van der Waals surface area contributed by atoms with Crippen molar-refractivity contribution >= 4 is 47.2 Å². The molecule has 10 aliphatic rings. The molecule has 4 heterocycles. The molecule has 4 amide bonds. The van der Waals surface area contributed by atoms with E-state index in [1.165, 1.54) is 43.1 Å². The molecule has 0 aromatic rings. The van der Waals surface area contributed by atoms with Crippen LogP contribution < -0.4 is 0 Å². The molecule has 8 nitrogen and oxygen atoms in total. The summed E-state index contributed by atoms with van der Waals surface area (Å²) in [6.07, 6.45) is 9.65. The van der Waals surface area contributed by atoms with Crippen LogP contribution in [0.4, 0.5) is 0 Å². The lowest BCUT2D eigenvalue weighted by Crippen LogP contribution is -2.63. The summed E-state index contributed by atoms with van der Waals surface area (Å²) in [7, 11) is 0. The lowest BCUT2D eigenvalue weighted by molar-refractivity contribution is -0.166. The highest BCUT2D eigenvalue weighted by Gasteiger charge is 2.76. The number of nitrogens with zero attached hydrogens (tertiary/aromatic N) is 4. The van der Waals surface area contributed by atoms with Gasteiger partial charge in [-0.1, -0.05) is 26.0 Å². The smallest absolute Gasteiger partial charge is 0.234 e. The summed E-state index contributed by atoms with van der Waals surface area (Å²) < 4.78 is 0. The predicted molar refractivity (Wildman–Crippen MR) is 162 cm³/mol. The molecule has 14 atom stereocenters. The fourth-order valence-electron chi connectivity index (χ4n) is 10.7. The molecule has 4 fully saturated rings. The van der Waals surface area contributed by atoms with Crippen LogP contribution in [0, 0.1) is 93.7 Å². The van der Waals surface area contributed by atoms with Crippen molar-refractivity contribution in [3.8, 4) is 12.1 Å². The molecule has 0 spiro atoms. The number of nitriles is 2. The summed E-state index contributed by atoms with van der Waals surface area (Å²) in [4.78, 5) is 61.9. The van der Waals surface area contributed by atoms with E-state index < -0.39 is 46.3 Å². The maximum atomic E-state index is 14.2. The first-order chi connectivity index (χ1) is 21.2. The number of likely N-dealkylation sites (tertiary alicyclic amines) is 2. The molecule has 4 aliphatic heterocycles. The maximum absolute atomic E-state index is 14.2. The standard InChI is InChI=1S/C34H34N4O4S2/c1-13-3-7-21-17(9-13)19(11-35)33(43-21)37-29(39)25-15-5-6-16(26(25)30(37)40)24-23(15)27-28(24)32(42)38(31(27)41)34-20(12-36)18-10-14(2)4-8-22(18)44-34/h5-6,13-16,19-20,23-28,33-34H,3-4,7-10H2,1-2H3. The molecule has 44 heavy (non-hydrogen) atoms. The Morgan fingerprint density at radius 1 is 0.659 bits per heavy atom. The lowest BCUT2D eigenvalue weighted by Gasteiger charge is -2.60. The Hall–Kier alpha value is -2.82. The third kappa shape index (κ3) is 3.27. The van der Waals surface area contributed by atoms with E-state index in [2.05, 4.69) is 26.0 Å². The van der Waals surface area contributed by atoms with E-state index >= 15 is 0 Å². The summed E-state index contributed by atoms with van der Waals surface area (Å²) >= 11 is 3.07. The molecule has 0 aromatic carbocycles. The van der Waals surface area contributed by atoms with Crippen LogP contribution >= 0.6 is 23.5 Å². The SMILES string of the molecule is CC1CCC2=C(C1)C(C#N)C(N1C(=O)C3C4C=CC(C3C1=O)C1C3C(=O)N(C5SC6=C(CC(C)CC6)C5C#N)C(=O)C3C41)S2. The molecule has 10 heteroatoms. The van der Waals surface area contributed by atoms with Crippen LogP contribution in [0.5, 0.6) is 0 Å². The van der Waals surface area contributed by atoms with Gasteiger partial charge in [0.25, 0.3) is 0 Å². The molecule has 2 saturated carbocycles. The van der Waals surface area contributed by atoms with E-state index in [1.54, 1.807) is 0 Å². The van der Waals surface area contributed by atoms with Crippen molar-refractivity contribution in [2.45, 2.75) is 63.1 Å². The van der Waals surface area contributed by atoms with Gasteiger partial charge < -0.3 is 0 Å². The van der Waals surface area contributed by atoms with Gasteiger partial charge in [0.1, 0.15) is 10.7 Å². The monoisotopic (exact) mass is 626 g/mol. The van der Waals surface area contributed by atoms with E-state index in [9.17, 15) is 29.7 Å². The van der Waals surface area contributed by atoms with Crippen LogP contribution in [0.15, 0.2) is 33.1 Å². The fraction of sp³-hybridized carbons (Fsp3) is 0.647. The first kappa shape index (κ1) is 27.5. The molecule has 2 saturated heterocycles. The molecule has 0 aromatic heterocycles. The third-order valence-electron chi connectivity index (χ3n) is 12.6. The zero-order chi connectivity index (χ0) is 30.3. The highest BCUT2D eigenvalue weighted by atomic mass is 32.2. The fourth-order valence-corrected chi connectivity index (χ4v) is 13.9. The van der Waals surface area contributed by atoms with Gasteiger partial charge in [-0.25, -0.2) is 0 Å². The minimum absolute atomic E-state index is 0.154. The lowest BCUT2D eigenvalue weighted by atomic mass is 9.40. The number of hydrogen-bond donors (Lipinski definition) is 0. The Balaban J connectivity index is 1.00. The van der Waals surface area contributed by atoms with Crippen molar-refractivity contribution in [1.82, 2.24) is 9.80 Å². The molecule has 226 valence electrons. The first-order valence-electron chi connectivity index (χ1n) is 16.2. The average Bonchev–Trinajstić information content (AvgIpc) is 3.66. The summed E-state index contributed by atoms with van der Waals surface area (Å²) in [5.74, 6) is -3.74. The number of fused-ring (bicyclic) bond motifs is 1. The minimum atomic E-state index is -0.545. The number of thioether (sulfide) groups is 2. The van der Waals surface area contributed by atoms with Gasteiger partial charge in [-0.05, 0) is 95.0 Å². The maximum Gasteiger partial charge on any atom is 0.234 e. The number of hydrogen-bond acceptors (Lipinski definition) is 8. The van der Waals surface area contributed by atoms with Crippen molar-refractivity contribution < 1.29 is 19.2 Å². The molecular formula is C34H34N4O4S2. The Kier molecular flexibility index (Phi) is 5.85. The first-order valence-corrected chi connectivity index (χ1v) is 18.0. The van der Waals surface area contributed by atoms with Gasteiger partial charge in [0, 0.05) is 0 Å². The van der Waals surface area contributed by atoms with E-state index in [4.69, 9.17) is 0 Å². The van der Waals surface area contributed by atoms with E-state index in [0.717, 1.165) is 49.7 Å². The molecule has 10 rings (SSSR count). The average molecular weight is 627 g/mol. The molecule has 0 N–H and O–H groups in total. The molecular weight excluding hydrogens is 593 g/mol.